The standard InChI is InChI=1S/C83H130O17P2/c1-5-9-13-17-21-25-29-33-36-37-38-39-42-45-48-52-56-60-64-68-81(86)94-73-78(99-82(87)69-65-61-57-53-49-43-32-28-24-20-16-12-8-4)75-97-101(89,90)95-71-77(84)72-96-102(91,92)98-76-79(100-83(88)70-66-62-58-54-50-46-41-35-31-27-23-19-15-11-7-3)74-93-80(85)67-63-59-55-51-47-44-40-34-30-26-22-18-14-10-6-2/h9-11,13-15,21-23,25-28,32-36,38-41,45,47-48,50-51,54,59,62-63,66,77-79,84H,5-8,12,16-20,24,29-31,37,42-44,46,49,52-53,55-58,60-61,64-65,67-76H2,1-4H3,(H,89,90)(H,91,92)/b13-9-,14-10-,15-11-,25-21-,26-22-,27-23-,32-28-,36-33-,39-38-,40-34-,41-35-,48-45-,51-47-,54-50-,63-59-,66-62-. The largest absolute Gasteiger partial charge is 0.472 e. The van der Waals surface area contributed by atoms with E-state index in [1.165, 1.54) is 25.7 Å². The molecule has 5 atom stereocenters. The van der Waals surface area contributed by atoms with Crippen molar-refractivity contribution in [3.63, 3.8) is 0 Å². The van der Waals surface area contributed by atoms with Crippen LogP contribution in [0.15, 0.2) is 194 Å². The monoisotopic (exact) mass is 1460 g/mol. The first-order chi connectivity index (χ1) is 49.7. The lowest BCUT2D eigenvalue weighted by Gasteiger charge is -2.21. The molecule has 0 heterocycles. The average Bonchev–Trinajstić information content (AvgIpc) is 0.908. The molecule has 0 amide bonds. The molecule has 0 spiro atoms. The fourth-order valence-electron chi connectivity index (χ4n) is 8.98. The van der Waals surface area contributed by atoms with Gasteiger partial charge in [-0.25, -0.2) is 9.13 Å². The van der Waals surface area contributed by atoms with Crippen LogP contribution < -0.4 is 0 Å². The van der Waals surface area contributed by atoms with Gasteiger partial charge in [-0.15, -0.1) is 0 Å². The number of rotatable bonds is 68. The Labute approximate surface area is 615 Å². The SMILES string of the molecule is CC/C=C\C/C=C\C/C=C\C/C=C\C/C=C\CCCCCC(=O)OCC(COP(=O)(O)OCC(O)COP(=O)(O)OCC(COC(=O)C/C=C\C/C=C\C/C=C\C/C=C\C/C=C\CC)OC(=O)C/C=C\C/C=C\C/C=C\C/C=C\C/C=C\CC)OC(=O)CCCCCCC/C=C\CCCCCC. The van der Waals surface area contributed by atoms with E-state index < -0.39 is 97.5 Å². The molecule has 0 fully saturated rings. The second-order valence-corrected chi connectivity index (χ2v) is 27.0. The van der Waals surface area contributed by atoms with Crippen molar-refractivity contribution in [2.75, 3.05) is 39.6 Å². The van der Waals surface area contributed by atoms with Crippen molar-refractivity contribution in [3.8, 4) is 0 Å². The molecule has 0 aliphatic carbocycles. The molecular formula is C83H130O17P2. The Balaban J connectivity index is 5.53. The number of aliphatic hydroxyl groups excluding tert-OH is 1. The van der Waals surface area contributed by atoms with Crippen LogP contribution in [0.1, 0.15) is 246 Å². The lowest BCUT2D eigenvalue weighted by atomic mass is 10.1. The Hall–Kier alpha value is -6.10. The van der Waals surface area contributed by atoms with Gasteiger partial charge in [-0.05, 0) is 148 Å². The molecule has 3 N–H and O–H groups in total. The number of hydrogen-bond donors (Lipinski definition) is 3. The molecule has 0 radical (unpaired) electrons. The number of carbonyl (C=O) groups is 4. The summed E-state index contributed by atoms with van der Waals surface area (Å²) < 4.78 is 68.1. The maximum Gasteiger partial charge on any atom is 0.472 e. The first-order valence-electron chi connectivity index (χ1n) is 37.7. The van der Waals surface area contributed by atoms with Crippen molar-refractivity contribution in [2.24, 2.45) is 0 Å². The van der Waals surface area contributed by atoms with E-state index in [1.54, 1.807) is 24.3 Å². The van der Waals surface area contributed by atoms with E-state index >= 15 is 0 Å². The van der Waals surface area contributed by atoms with Crippen molar-refractivity contribution < 1.29 is 80.2 Å². The summed E-state index contributed by atoms with van der Waals surface area (Å²) >= 11 is 0. The van der Waals surface area contributed by atoms with Gasteiger partial charge in [-0.2, -0.15) is 0 Å². The third kappa shape index (κ3) is 72.3. The van der Waals surface area contributed by atoms with Crippen LogP contribution in [0.4, 0.5) is 0 Å². The minimum Gasteiger partial charge on any atom is -0.462 e. The van der Waals surface area contributed by atoms with Crippen molar-refractivity contribution in [1.29, 1.82) is 0 Å². The number of hydrogen-bond acceptors (Lipinski definition) is 15. The zero-order valence-electron chi connectivity index (χ0n) is 62.4. The summed E-state index contributed by atoms with van der Waals surface area (Å²) in [7, 11) is -10.0. The van der Waals surface area contributed by atoms with E-state index in [1.807, 2.05) is 24.3 Å². The summed E-state index contributed by atoms with van der Waals surface area (Å²) in [6, 6.07) is 0. The molecule has 0 bridgehead atoms. The van der Waals surface area contributed by atoms with Gasteiger partial charge in [0.1, 0.15) is 19.3 Å². The van der Waals surface area contributed by atoms with Gasteiger partial charge in [0.05, 0.1) is 39.3 Å². The number of carbonyl (C=O) groups excluding carboxylic acids is 4. The summed E-state index contributed by atoms with van der Waals surface area (Å²) in [5.41, 5.74) is 0. The third-order valence-electron chi connectivity index (χ3n) is 14.6. The van der Waals surface area contributed by atoms with E-state index in [-0.39, 0.29) is 25.7 Å². The van der Waals surface area contributed by atoms with Crippen LogP contribution in [-0.4, -0.2) is 96.7 Å². The summed E-state index contributed by atoms with van der Waals surface area (Å²) in [6.45, 7) is 4.18. The van der Waals surface area contributed by atoms with Crippen LogP contribution >= 0.6 is 15.6 Å². The van der Waals surface area contributed by atoms with Crippen LogP contribution in [0.25, 0.3) is 0 Å². The molecule has 0 aliphatic rings. The Morgan fingerprint density at radius 1 is 0.294 bits per heavy atom. The van der Waals surface area contributed by atoms with Crippen LogP contribution in [-0.2, 0) is 65.4 Å². The van der Waals surface area contributed by atoms with Crippen molar-refractivity contribution in [2.45, 2.75) is 264 Å². The van der Waals surface area contributed by atoms with E-state index in [2.05, 4.69) is 174 Å². The number of phosphoric ester groups is 2. The second kappa shape index (κ2) is 73.2. The van der Waals surface area contributed by atoms with Gasteiger partial charge in [0.25, 0.3) is 0 Å². The van der Waals surface area contributed by atoms with Gasteiger partial charge in [0.15, 0.2) is 12.2 Å². The Kier molecular flexibility index (Phi) is 68.8. The number of aliphatic hydroxyl groups is 1. The quantitative estimate of drug-likeness (QED) is 0.0169. The lowest BCUT2D eigenvalue weighted by Crippen LogP contribution is -2.30. The molecule has 0 aromatic rings. The fraction of sp³-hybridized carbons (Fsp3) is 0.566. The summed E-state index contributed by atoms with van der Waals surface area (Å²) in [4.78, 5) is 72.7. The minimum absolute atomic E-state index is 0.0649. The predicted molar refractivity (Wildman–Crippen MR) is 417 cm³/mol. The van der Waals surface area contributed by atoms with Gasteiger partial charge >= 0.3 is 39.5 Å². The van der Waals surface area contributed by atoms with Gasteiger partial charge < -0.3 is 33.8 Å². The van der Waals surface area contributed by atoms with Crippen molar-refractivity contribution in [1.82, 2.24) is 0 Å². The van der Waals surface area contributed by atoms with Gasteiger partial charge in [0.2, 0.25) is 0 Å². The molecule has 0 aromatic heterocycles. The molecule has 0 saturated carbocycles. The zero-order chi connectivity index (χ0) is 74.6. The fourth-order valence-corrected chi connectivity index (χ4v) is 10.6. The van der Waals surface area contributed by atoms with Gasteiger partial charge in [-0.1, -0.05) is 267 Å². The van der Waals surface area contributed by atoms with Crippen molar-refractivity contribution in [3.05, 3.63) is 194 Å². The summed E-state index contributed by atoms with van der Waals surface area (Å²) in [5, 5.41) is 10.6. The van der Waals surface area contributed by atoms with E-state index in [0.29, 0.717) is 25.7 Å². The van der Waals surface area contributed by atoms with Crippen LogP contribution in [0.2, 0.25) is 0 Å². The molecule has 0 saturated heterocycles. The molecular weight excluding hydrogens is 1330 g/mol. The Bertz CT molecular complexity index is 2700. The minimum atomic E-state index is -5.03. The van der Waals surface area contributed by atoms with Crippen LogP contribution in [0.5, 0.6) is 0 Å². The maximum absolute atomic E-state index is 13.1. The van der Waals surface area contributed by atoms with Gasteiger partial charge in [0, 0.05) is 12.8 Å². The Morgan fingerprint density at radius 2 is 0.559 bits per heavy atom. The highest BCUT2D eigenvalue weighted by atomic mass is 31.2. The highest BCUT2D eigenvalue weighted by Crippen LogP contribution is 2.45. The van der Waals surface area contributed by atoms with Gasteiger partial charge in [-0.3, -0.25) is 37.3 Å². The molecule has 0 rings (SSSR count). The van der Waals surface area contributed by atoms with E-state index in [0.717, 1.165) is 141 Å². The summed E-state index contributed by atoms with van der Waals surface area (Å²) in [5.74, 6) is -2.54. The number of phosphoric acid groups is 2. The van der Waals surface area contributed by atoms with Crippen LogP contribution in [0.3, 0.4) is 0 Å². The van der Waals surface area contributed by atoms with Crippen LogP contribution in [0, 0.1) is 0 Å². The molecule has 0 aromatic carbocycles. The predicted octanol–water partition coefficient (Wildman–Crippen LogP) is 21.8. The number of unbranched alkanes of at least 4 members (excludes halogenated alkanes) is 12. The third-order valence-corrected chi connectivity index (χ3v) is 16.5. The molecule has 102 heavy (non-hydrogen) atoms. The first-order valence-corrected chi connectivity index (χ1v) is 40.7. The zero-order valence-corrected chi connectivity index (χ0v) is 64.2. The number of esters is 4. The van der Waals surface area contributed by atoms with E-state index in [9.17, 15) is 43.2 Å². The number of allylic oxidation sites excluding steroid dienone is 30. The second-order valence-electron chi connectivity index (χ2n) is 24.1. The highest BCUT2D eigenvalue weighted by Gasteiger charge is 2.30. The first kappa shape index (κ1) is 95.9. The Morgan fingerprint density at radius 3 is 0.931 bits per heavy atom. The highest BCUT2D eigenvalue weighted by molar-refractivity contribution is 7.47. The summed E-state index contributed by atoms with van der Waals surface area (Å²) in [6.07, 6.45) is 89.2. The topological polar surface area (TPSA) is 237 Å². The number of ether oxygens (including phenoxy) is 4. The molecule has 574 valence electrons. The molecule has 17 nitrogen and oxygen atoms in total. The normalized spacial score (nSPS) is 15.0. The lowest BCUT2D eigenvalue weighted by molar-refractivity contribution is -0.161. The maximum atomic E-state index is 13.1. The molecule has 19 heteroatoms. The molecule has 0 aliphatic heterocycles. The molecule has 5 unspecified atom stereocenters. The smallest absolute Gasteiger partial charge is 0.462 e. The average molecular weight is 1460 g/mol. The van der Waals surface area contributed by atoms with E-state index in [4.69, 9.17) is 37.0 Å². The van der Waals surface area contributed by atoms with Crippen molar-refractivity contribution >= 4 is 39.5 Å².